The first-order valence-corrected chi connectivity index (χ1v) is 8.72. The molecule has 3 rings (SSSR count). The van der Waals surface area contributed by atoms with Crippen LogP contribution in [0.4, 0.5) is 0 Å². The number of nitriles is 1. The Morgan fingerprint density at radius 1 is 1.28 bits per heavy atom. The van der Waals surface area contributed by atoms with E-state index in [9.17, 15) is 0 Å². The fraction of sp³-hybridized carbons (Fsp3) is 0.450. The van der Waals surface area contributed by atoms with Gasteiger partial charge < -0.3 is 14.0 Å². The molecule has 2 aromatic rings. The van der Waals surface area contributed by atoms with Gasteiger partial charge in [0.2, 0.25) is 0 Å². The number of nitrogens with zero attached hydrogens (tertiary/aromatic N) is 3. The molecule has 1 aliphatic heterocycles. The summed E-state index contributed by atoms with van der Waals surface area (Å²) in [6.45, 7) is 3.75. The summed E-state index contributed by atoms with van der Waals surface area (Å²) in [6.07, 6.45) is 4.43. The third-order valence-corrected chi connectivity index (χ3v) is 4.71. The normalized spacial score (nSPS) is 17.9. The van der Waals surface area contributed by atoms with Crippen LogP contribution >= 0.6 is 0 Å². The van der Waals surface area contributed by atoms with Crippen LogP contribution < -0.4 is 9.47 Å². The summed E-state index contributed by atoms with van der Waals surface area (Å²) in [7, 11) is 3.59. The molecular weight excluding hydrogens is 314 g/mol. The molecule has 0 amide bonds. The van der Waals surface area contributed by atoms with Crippen LogP contribution in [-0.2, 0) is 13.6 Å². The number of hydrogen-bond acceptors (Lipinski definition) is 4. The van der Waals surface area contributed by atoms with Gasteiger partial charge in [0.25, 0.3) is 0 Å². The summed E-state index contributed by atoms with van der Waals surface area (Å²) >= 11 is 0. The summed E-state index contributed by atoms with van der Waals surface area (Å²) < 4.78 is 13.1. The van der Waals surface area contributed by atoms with Crippen LogP contribution in [0.5, 0.6) is 11.5 Å². The van der Waals surface area contributed by atoms with Gasteiger partial charge >= 0.3 is 0 Å². The summed E-state index contributed by atoms with van der Waals surface area (Å²) in [4.78, 5) is 2.46. The Morgan fingerprint density at radius 3 is 2.88 bits per heavy atom. The Morgan fingerprint density at radius 2 is 2.12 bits per heavy atom. The van der Waals surface area contributed by atoms with Gasteiger partial charge in [-0.1, -0.05) is 6.07 Å². The lowest BCUT2D eigenvalue weighted by Crippen LogP contribution is -2.37. The Balaban J connectivity index is 1.53. The van der Waals surface area contributed by atoms with Crippen molar-refractivity contribution in [3.05, 3.63) is 47.8 Å². The maximum absolute atomic E-state index is 9.09. The molecule has 132 valence electrons. The number of aryl methyl sites for hydroxylation is 1. The van der Waals surface area contributed by atoms with Crippen LogP contribution in [0.2, 0.25) is 0 Å². The third kappa shape index (κ3) is 4.55. The molecule has 1 aliphatic rings. The van der Waals surface area contributed by atoms with Gasteiger partial charge in [-0.2, -0.15) is 5.26 Å². The van der Waals surface area contributed by atoms with Gasteiger partial charge in [-0.3, -0.25) is 4.90 Å². The van der Waals surface area contributed by atoms with Gasteiger partial charge in [-0.05, 0) is 43.1 Å². The smallest absolute Gasteiger partial charge is 0.122 e. The average Bonchev–Trinajstić information content (AvgIpc) is 2.99. The van der Waals surface area contributed by atoms with E-state index in [0.717, 1.165) is 37.7 Å². The zero-order valence-electron chi connectivity index (χ0n) is 14.9. The van der Waals surface area contributed by atoms with E-state index < -0.39 is 0 Å². The molecule has 1 saturated heterocycles. The molecule has 1 aromatic heterocycles. The van der Waals surface area contributed by atoms with Gasteiger partial charge in [-0.15, -0.1) is 0 Å². The van der Waals surface area contributed by atoms with Crippen LogP contribution in [0.1, 0.15) is 24.1 Å². The van der Waals surface area contributed by atoms with Crippen LogP contribution in [0, 0.1) is 17.2 Å². The van der Waals surface area contributed by atoms with Crippen molar-refractivity contribution in [2.24, 2.45) is 13.0 Å². The van der Waals surface area contributed by atoms with Gasteiger partial charge in [0.05, 0.1) is 13.7 Å². The highest BCUT2D eigenvalue weighted by atomic mass is 16.5. The Bertz CT molecular complexity index is 748. The van der Waals surface area contributed by atoms with E-state index in [0.29, 0.717) is 11.6 Å². The molecule has 1 fully saturated rings. The first-order chi connectivity index (χ1) is 12.2. The maximum atomic E-state index is 9.09. The van der Waals surface area contributed by atoms with Crippen molar-refractivity contribution >= 4 is 0 Å². The molecule has 0 radical (unpaired) electrons. The number of aromatic nitrogens is 1. The molecule has 0 bridgehead atoms. The fourth-order valence-corrected chi connectivity index (χ4v) is 3.42. The molecular formula is C20H25N3O2. The van der Waals surface area contributed by atoms with Gasteiger partial charge in [0, 0.05) is 38.3 Å². The summed E-state index contributed by atoms with van der Waals surface area (Å²) in [5.41, 5.74) is 1.92. The Labute approximate surface area is 149 Å². The molecule has 1 atom stereocenters. The minimum Gasteiger partial charge on any atom is -0.497 e. The van der Waals surface area contributed by atoms with Crippen molar-refractivity contribution < 1.29 is 9.47 Å². The second kappa shape index (κ2) is 8.09. The zero-order valence-corrected chi connectivity index (χ0v) is 14.9. The van der Waals surface area contributed by atoms with Gasteiger partial charge in [-0.25, -0.2) is 0 Å². The highest BCUT2D eigenvalue weighted by Crippen LogP contribution is 2.23. The van der Waals surface area contributed by atoms with Crippen molar-refractivity contribution in [1.29, 1.82) is 5.26 Å². The van der Waals surface area contributed by atoms with Gasteiger partial charge in [0.15, 0.2) is 0 Å². The van der Waals surface area contributed by atoms with E-state index in [4.69, 9.17) is 14.7 Å². The first-order valence-electron chi connectivity index (χ1n) is 8.72. The number of methoxy groups -OCH3 is 1. The van der Waals surface area contributed by atoms with Crippen molar-refractivity contribution in [1.82, 2.24) is 9.47 Å². The molecule has 0 saturated carbocycles. The predicted molar refractivity (Wildman–Crippen MR) is 96.6 cm³/mol. The number of likely N-dealkylation sites (tertiary alicyclic amines) is 1. The average molecular weight is 339 g/mol. The standard InChI is InChI=1S/C20H25N3O2/c1-22-12-17(9-18(22)11-21)14-23-8-4-5-16(13-23)15-25-20-7-3-6-19(10-20)24-2/h3,6-7,9-10,12,16H,4-5,8,13-15H2,1-2H3/t16-/m1/s1. The second-order valence-corrected chi connectivity index (χ2v) is 6.69. The maximum Gasteiger partial charge on any atom is 0.122 e. The molecule has 25 heavy (non-hydrogen) atoms. The summed E-state index contributed by atoms with van der Waals surface area (Å²) in [5, 5.41) is 9.09. The number of ether oxygens (including phenoxy) is 2. The molecule has 0 aliphatic carbocycles. The van der Waals surface area contributed by atoms with E-state index >= 15 is 0 Å². The number of hydrogen-bond donors (Lipinski definition) is 0. The van der Waals surface area contributed by atoms with Gasteiger partial charge in [0.1, 0.15) is 23.3 Å². The second-order valence-electron chi connectivity index (χ2n) is 6.69. The van der Waals surface area contributed by atoms with Crippen LogP contribution in [-0.4, -0.2) is 36.3 Å². The summed E-state index contributed by atoms with van der Waals surface area (Å²) in [5.74, 6) is 2.21. The number of benzene rings is 1. The number of rotatable bonds is 6. The monoisotopic (exact) mass is 339 g/mol. The van der Waals surface area contributed by atoms with Crippen LogP contribution in [0.15, 0.2) is 36.5 Å². The van der Waals surface area contributed by atoms with Crippen molar-refractivity contribution in [3.63, 3.8) is 0 Å². The van der Waals surface area contributed by atoms with E-state index in [1.807, 2.05) is 41.9 Å². The minimum atomic E-state index is 0.527. The molecule has 5 heteroatoms. The SMILES string of the molecule is COc1cccc(OC[C@@H]2CCCN(Cc3cc(C#N)n(C)c3)C2)c1. The molecule has 0 N–H and O–H groups in total. The van der Waals surface area contributed by atoms with Crippen LogP contribution in [0.25, 0.3) is 0 Å². The van der Waals surface area contributed by atoms with E-state index in [2.05, 4.69) is 17.2 Å². The topological polar surface area (TPSA) is 50.4 Å². The minimum absolute atomic E-state index is 0.527. The van der Waals surface area contributed by atoms with E-state index in [-0.39, 0.29) is 0 Å². The molecule has 1 aromatic carbocycles. The zero-order chi connectivity index (χ0) is 17.6. The highest BCUT2D eigenvalue weighted by Gasteiger charge is 2.21. The lowest BCUT2D eigenvalue weighted by molar-refractivity contribution is 0.125. The molecule has 2 heterocycles. The fourth-order valence-electron chi connectivity index (χ4n) is 3.42. The van der Waals surface area contributed by atoms with Crippen molar-refractivity contribution in [2.75, 3.05) is 26.8 Å². The lowest BCUT2D eigenvalue weighted by Gasteiger charge is -2.32. The Hall–Kier alpha value is -2.45. The largest absolute Gasteiger partial charge is 0.497 e. The van der Waals surface area contributed by atoms with Crippen LogP contribution in [0.3, 0.4) is 0 Å². The third-order valence-electron chi connectivity index (χ3n) is 4.71. The number of piperidine rings is 1. The molecule has 5 nitrogen and oxygen atoms in total. The molecule has 0 spiro atoms. The first kappa shape index (κ1) is 17.4. The van der Waals surface area contributed by atoms with Crippen molar-refractivity contribution in [2.45, 2.75) is 19.4 Å². The van der Waals surface area contributed by atoms with Crippen molar-refractivity contribution in [3.8, 4) is 17.6 Å². The summed E-state index contributed by atoms with van der Waals surface area (Å²) in [6, 6.07) is 12.0. The quantitative estimate of drug-likeness (QED) is 0.811. The highest BCUT2D eigenvalue weighted by molar-refractivity contribution is 5.32. The van der Waals surface area contributed by atoms with E-state index in [1.54, 1.807) is 7.11 Å². The van der Waals surface area contributed by atoms with E-state index in [1.165, 1.54) is 18.4 Å². The molecule has 0 unspecified atom stereocenters. The predicted octanol–water partition coefficient (Wildman–Crippen LogP) is 3.20. The Kier molecular flexibility index (Phi) is 5.62. The lowest BCUT2D eigenvalue weighted by atomic mass is 9.98.